The van der Waals surface area contributed by atoms with Crippen LogP contribution in [0.4, 0.5) is 10.5 Å². The van der Waals surface area contributed by atoms with Crippen LogP contribution in [-0.4, -0.2) is 18.7 Å². The highest BCUT2D eigenvalue weighted by atomic mass is 35.5. The van der Waals surface area contributed by atoms with Crippen LogP contribution in [0.1, 0.15) is 22.8 Å². The minimum Gasteiger partial charge on any atom is -0.462 e. The highest BCUT2D eigenvalue weighted by Gasteiger charge is 2.11. The zero-order valence-electron chi connectivity index (χ0n) is 12.8. The van der Waals surface area contributed by atoms with Crippen molar-refractivity contribution in [2.24, 2.45) is 0 Å². The maximum Gasteiger partial charge on any atom is 0.417 e. The lowest BCUT2D eigenvalue weighted by atomic mass is 10.2. The molecule has 0 unspecified atom stereocenters. The Morgan fingerprint density at radius 3 is 2.43 bits per heavy atom. The van der Waals surface area contributed by atoms with Gasteiger partial charge < -0.3 is 9.47 Å². The second-order valence-corrected chi connectivity index (χ2v) is 5.10. The minimum atomic E-state index is -0.662. The number of esters is 1. The Balaban J connectivity index is 2.02. The molecule has 2 aromatic rings. The van der Waals surface area contributed by atoms with Crippen molar-refractivity contribution in [1.82, 2.24) is 0 Å². The molecular formula is C17H16ClNO4. The van der Waals surface area contributed by atoms with E-state index >= 15 is 0 Å². The SMILES string of the molecule is CCOC(=O)c1ccc(OC(=O)Nc2c(C)cccc2Cl)cc1. The summed E-state index contributed by atoms with van der Waals surface area (Å²) in [6.45, 7) is 3.86. The van der Waals surface area contributed by atoms with Gasteiger partial charge in [0.05, 0.1) is 22.9 Å². The normalized spacial score (nSPS) is 10.0. The second-order valence-electron chi connectivity index (χ2n) is 4.69. The monoisotopic (exact) mass is 333 g/mol. The van der Waals surface area contributed by atoms with Crippen LogP contribution in [0.5, 0.6) is 5.75 Å². The highest BCUT2D eigenvalue weighted by molar-refractivity contribution is 6.33. The van der Waals surface area contributed by atoms with Crippen LogP contribution in [-0.2, 0) is 4.74 Å². The van der Waals surface area contributed by atoms with Crippen LogP contribution in [0.25, 0.3) is 0 Å². The summed E-state index contributed by atoms with van der Waals surface area (Å²) in [5.41, 5.74) is 1.72. The molecule has 5 nitrogen and oxygen atoms in total. The van der Waals surface area contributed by atoms with Crippen molar-refractivity contribution in [2.75, 3.05) is 11.9 Å². The summed E-state index contributed by atoms with van der Waals surface area (Å²) in [4.78, 5) is 23.5. The molecule has 0 aliphatic rings. The molecule has 0 aliphatic carbocycles. The summed E-state index contributed by atoms with van der Waals surface area (Å²) in [5.74, 6) is -0.115. The van der Waals surface area contributed by atoms with E-state index in [0.717, 1.165) is 5.56 Å². The standard InChI is InChI=1S/C17H16ClNO4/c1-3-22-16(20)12-7-9-13(10-8-12)23-17(21)19-15-11(2)5-4-6-14(15)18/h4-10H,3H2,1-2H3,(H,19,21). The molecule has 0 bridgehead atoms. The van der Waals surface area contributed by atoms with E-state index in [1.807, 2.05) is 13.0 Å². The molecule has 2 rings (SSSR count). The Morgan fingerprint density at radius 2 is 1.83 bits per heavy atom. The Hall–Kier alpha value is -2.53. The van der Waals surface area contributed by atoms with E-state index in [9.17, 15) is 9.59 Å². The lowest BCUT2D eigenvalue weighted by Gasteiger charge is -2.10. The number of hydrogen-bond acceptors (Lipinski definition) is 4. The number of halogens is 1. The van der Waals surface area contributed by atoms with Crippen molar-refractivity contribution in [1.29, 1.82) is 0 Å². The molecule has 1 amide bonds. The van der Waals surface area contributed by atoms with Crippen molar-refractivity contribution in [3.63, 3.8) is 0 Å². The van der Waals surface area contributed by atoms with Crippen LogP contribution in [0.2, 0.25) is 5.02 Å². The first-order chi connectivity index (χ1) is 11.0. The molecule has 0 saturated carbocycles. The first kappa shape index (κ1) is 16.8. The van der Waals surface area contributed by atoms with E-state index in [4.69, 9.17) is 21.1 Å². The predicted molar refractivity (Wildman–Crippen MR) is 88.2 cm³/mol. The zero-order valence-corrected chi connectivity index (χ0v) is 13.5. The second kappa shape index (κ2) is 7.65. The molecule has 0 spiro atoms. The number of carbonyl (C=O) groups excluding carboxylic acids is 2. The smallest absolute Gasteiger partial charge is 0.417 e. The van der Waals surface area contributed by atoms with E-state index in [2.05, 4.69) is 5.32 Å². The van der Waals surface area contributed by atoms with Gasteiger partial charge in [-0.05, 0) is 49.7 Å². The summed E-state index contributed by atoms with van der Waals surface area (Å²) in [6, 6.07) is 11.4. The zero-order chi connectivity index (χ0) is 16.8. The average Bonchev–Trinajstić information content (AvgIpc) is 2.52. The highest BCUT2D eigenvalue weighted by Crippen LogP contribution is 2.25. The molecule has 120 valence electrons. The number of anilines is 1. The summed E-state index contributed by atoms with van der Waals surface area (Å²) >= 11 is 6.04. The fourth-order valence-corrected chi connectivity index (χ4v) is 2.17. The van der Waals surface area contributed by atoms with Gasteiger partial charge in [0.2, 0.25) is 0 Å². The third-order valence-electron chi connectivity index (χ3n) is 3.03. The molecular weight excluding hydrogens is 318 g/mol. The number of ether oxygens (including phenoxy) is 2. The van der Waals surface area contributed by atoms with Gasteiger partial charge in [-0.15, -0.1) is 0 Å². The van der Waals surface area contributed by atoms with E-state index in [1.54, 1.807) is 19.1 Å². The number of rotatable bonds is 4. The largest absolute Gasteiger partial charge is 0.462 e. The van der Waals surface area contributed by atoms with Crippen molar-refractivity contribution in [2.45, 2.75) is 13.8 Å². The molecule has 0 atom stereocenters. The molecule has 0 fully saturated rings. The molecule has 23 heavy (non-hydrogen) atoms. The number of aryl methyl sites for hydroxylation is 1. The van der Waals surface area contributed by atoms with E-state index in [0.29, 0.717) is 28.6 Å². The molecule has 0 radical (unpaired) electrons. The number of amides is 1. The molecule has 2 aromatic carbocycles. The fourth-order valence-electron chi connectivity index (χ4n) is 1.90. The maximum atomic E-state index is 11.9. The topological polar surface area (TPSA) is 64.6 Å². The van der Waals surface area contributed by atoms with E-state index in [1.165, 1.54) is 24.3 Å². The first-order valence-electron chi connectivity index (χ1n) is 7.02. The molecule has 1 N–H and O–H groups in total. The summed E-state index contributed by atoms with van der Waals surface area (Å²) < 4.78 is 10.0. The van der Waals surface area contributed by atoms with Gasteiger partial charge in [-0.3, -0.25) is 5.32 Å². The van der Waals surface area contributed by atoms with Gasteiger partial charge in [-0.25, -0.2) is 9.59 Å². The minimum absolute atomic E-state index is 0.302. The Morgan fingerprint density at radius 1 is 1.13 bits per heavy atom. The molecule has 6 heteroatoms. The lowest BCUT2D eigenvalue weighted by Crippen LogP contribution is -2.17. The lowest BCUT2D eigenvalue weighted by molar-refractivity contribution is 0.0526. The number of hydrogen-bond donors (Lipinski definition) is 1. The van der Waals surface area contributed by atoms with E-state index < -0.39 is 12.1 Å². The van der Waals surface area contributed by atoms with Gasteiger partial charge in [0, 0.05) is 0 Å². The number of nitrogens with one attached hydrogen (secondary N) is 1. The molecule has 0 aliphatic heterocycles. The quantitative estimate of drug-likeness (QED) is 0.840. The van der Waals surface area contributed by atoms with Crippen LogP contribution in [0.3, 0.4) is 0 Å². The van der Waals surface area contributed by atoms with Crippen LogP contribution in [0.15, 0.2) is 42.5 Å². The van der Waals surface area contributed by atoms with Crippen molar-refractivity contribution in [3.8, 4) is 5.75 Å². The van der Waals surface area contributed by atoms with Crippen molar-refractivity contribution >= 4 is 29.4 Å². The fraction of sp³-hybridized carbons (Fsp3) is 0.176. The van der Waals surface area contributed by atoms with Gasteiger partial charge in [0.1, 0.15) is 5.75 Å². The summed E-state index contributed by atoms with van der Waals surface area (Å²) in [7, 11) is 0. The van der Waals surface area contributed by atoms with Crippen molar-refractivity contribution in [3.05, 3.63) is 58.6 Å². The number of benzene rings is 2. The first-order valence-corrected chi connectivity index (χ1v) is 7.40. The Labute approximate surface area is 139 Å². The van der Waals surface area contributed by atoms with Gasteiger partial charge in [0.25, 0.3) is 0 Å². The third kappa shape index (κ3) is 4.47. The van der Waals surface area contributed by atoms with E-state index in [-0.39, 0.29) is 0 Å². The molecule has 0 heterocycles. The third-order valence-corrected chi connectivity index (χ3v) is 3.34. The van der Waals surface area contributed by atoms with Crippen molar-refractivity contribution < 1.29 is 19.1 Å². The maximum absolute atomic E-state index is 11.9. The Bertz CT molecular complexity index is 693. The number of carbonyl (C=O) groups is 2. The van der Waals surface area contributed by atoms with Gasteiger partial charge >= 0.3 is 12.1 Å². The van der Waals surface area contributed by atoms with Crippen LogP contribution < -0.4 is 10.1 Å². The predicted octanol–water partition coefficient (Wildman–Crippen LogP) is 4.44. The average molecular weight is 334 g/mol. The van der Waals surface area contributed by atoms with Crippen LogP contribution >= 0.6 is 11.6 Å². The number of para-hydroxylation sites is 1. The van der Waals surface area contributed by atoms with Gasteiger partial charge in [-0.2, -0.15) is 0 Å². The van der Waals surface area contributed by atoms with Gasteiger partial charge in [-0.1, -0.05) is 23.7 Å². The van der Waals surface area contributed by atoms with Gasteiger partial charge in [0.15, 0.2) is 0 Å². The van der Waals surface area contributed by atoms with Crippen LogP contribution in [0, 0.1) is 6.92 Å². The summed E-state index contributed by atoms with van der Waals surface area (Å²) in [5, 5.41) is 3.03. The summed E-state index contributed by atoms with van der Waals surface area (Å²) in [6.07, 6.45) is -0.662. The Kier molecular flexibility index (Phi) is 5.60. The molecule has 0 saturated heterocycles. The molecule has 0 aromatic heterocycles.